The molecular weight excluding hydrogens is 253 g/mol. The average Bonchev–Trinajstić information content (AvgIpc) is 2.94. The molecule has 2 atom stereocenters. The van der Waals surface area contributed by atoms with Crippen molar-refractivity contribution in [2.24, 2.45) is 5.92 Å². The second-order valence-electron chi connectivity index (χ2n) is 5.72. The Hall–Kier alpha value is -1.38. The van der Waals surface area contributed by atoms with Crippen LogP contribution in [0.5, 0.6) is 0 Å². The number of hydrogen-bond acceptors (Lipinski definition) is 1. The Bertz CT molecular complexity index is 460. The Morgan fingerprint density at radius 3 is 2.90 bits per heavy atom. The van der Waals surface area contributed by atoms with Crippen LogP contribution in [-0.2, 0) is 4.79 Å². The van der Waals surface area contributed by atoms with E-state index in [0.29, 0.717) is 0 Å². The summed E-state index contributed by atoms with van der Waals surface area (Å²) in [4.78, 5) is 14.4. The first kappa shape index (κ1) is 15.0. The summed E-state index contributed by atoms with van der Waals surface area (Å²) in [5, 5.41) is 0. The van der Waals surface area contributed by atoms with Gasteiger partial charge in [0.2, 0.25) is 5.91 Å². The van der Waals surface area contributed by atoms with Crippen LogP contribution in [0.4, 0.5) is 4.39 Å². The van der Waals surface area contributed by atoms with Gasteiger partial charge in [-0.1, -0.05) is 32.4 Å². The van der Waals surface area contributed by atoms with Crippen molar-refractivity contribution < 1.29 is 9.18 Å². The number of nitrogens with zero attached hydrogens (tertiary/aromatic N) is 1. The van der Waals surface area contributed by atoms with Crippen molar-refractivity contribution >= 4 is 5.91 Å². The molecule has 3 heteroatoms. The molecule has 1 aliphatic rings. The van der Waals surface area contributed by atoms with E-state index in [4.69, 9.17) is 0 Å². The van der Waals surface area contributed by atoms with E-state index < -0.39 is 0 Å². The highest BCUT2D eigenvalue weighted by Crippen LogP contribution is 2.29. The van der Waals surface area contributed by atoms with Gasteiger partial charge in [-0.05, 0) is 37.0 Å². The summed E-state index contributed by atoms with van der Waals surface area (Å²) in [7, 11) is 0. The van der Waals surface area contributed by atoms with Crippen LogP contribution in [0.2, 0.25) is 0 Å². The fourth-order valence-electron chi connectivity index (χ4n) is 3.10. The molecule has 0 aromatic heterocycles. The Kier molecular flexibility index (Phi) is 5.16. The summed E-state index contributed by atoms with van der Waals surface area (Å²) in [5.74, 6) is 0.540. The summed E-state index contributed by atoms with van der Waals surface area (Å²) >= 11 is 0. The van der Waals surface area contributed by atoms with Crippen molar-refractivity contribution in [1.29, 1.82) is 0 Å². The van der Waals surface area contributed by atoms with E-state index in [1.807, 2.05) is 11.0 Å². The quantitative estimate of drug-likeness (QED) is 0.797. The van der Waals surface area contributed by atoms with Crippen LogP contribution in [0, 0.1) is 11.7 Å². The smallest absolute Gasteiger partial charge is 0.225 e. The zero-order valence-corrected chi connectivity index (χ0v) is 12.4. The van der Waals surface area contributed by atoms with E-state index >= 15 is 0 Å². The third-order valence-electron chi connectivity index (χ3n) is 4.30. The van der Waals surface area contributed by atoms with E-state index in [9.17, 15) is 9.18 Å². The minimum atomic E-state index is -0.190. The van der Waals surface area contributed by atoms with Gasteiger partial charge < -0.3 is 4.90 Å². The van der Waals surface area contributed by atoms with E-state index in [1.165, 1.54) is 6.07 Å². The molecular formula is C17H24FNO. The fraction of sp³-hybridized carbons (Fsp3) is 0.588. The van der Waals surface area contributed by atoms with Gasteiger partial charge in [0.05, 0.1) is 0 Å². The van der Waals surface area contributed by atoms with E-state index in [2.05, 4.69) is 13.8 Å². The topological polar surface area (TPSA) is 20.3 Å². The van der Waals surface area contributed by atoms with Crippen molar-refractivity contribution in [3.63, 3.8) is 0 Å². The third kappa shape index (κ3) is 3.38. The summed E-state index contributed by atoms with van der Waals surface area (Å²) < 4.78 is 13.3. The predicted molar refractivity (Wildman–Crippen MR) is 79.0 cm³/mol. The second kappa shape index (κ2) is 6.87. The minimum absolute atomic E-state index is 0.159. The van der Waals surface area contributed by atoms with E-state index in [-0.39, 0.29) is 23.6 Å². The zero-order valence-electron chi connectivity index (χ0n) is 12.4. The van der Waals surface area contributed by atoms with Crippen molar-refractivity contribution in [2.75, 3.05) is 13.1 Å². The van der Waals surface area contributed by atoms with Crippen molar-refractivity contribution in [3.05, 3.63) is 35.6 Å². The monoisotopic (exact) mass is 277 g/mol. The molecule has 1 aromatic rings. The molecule has 0 radical (unpaired) electrons. The third-order valence-corrected chi connectivity index (χ3v) is 4.30. The number of amides is 1. The minimum Gasteiger partial charge on any atom is -0.342 e. The largest absolute Gasteiger partial charge is 0.342 e. The lowest BCUT2D eigenvalue weighted by Gasteiger charge is -2.22. The normalized spacial score (nSPS) is 20.1. The molecule has 0 aliphatic carbocycles. The molecule has 20 heavy (non-hydrogen) atoms. The van der Waals surface area contributed by atoms with Gasteiger partial charge in [-0.25, -0.2) is 4.39 Å². The van der Waals surface area contributed by atoms with Gasteiger partial charge in [0.15, 0.2) is 0 Å². The lowest BCUT2D eigenvalue weighted by Crippen LogP contribution is -2.34. The number of carbonyl (C=O) groups excluding carboxylic acids is 1. The summed E-state index contributed by atoms with van der Waals surface area (Å²) in [6, 6.07) is 6.78. The Balaban J connectivity index is 1.99. The molecule has 0 bridgehead atoms. The maximum absolute atomic E-state index is 13.3. The summed E-state index contributed by atoms with van der Waals surface area (Å²) in [6.07, 6.45) is 3.87. The van der Waals surface area contributed by atoms with Gasteiger partial charge in [0.1, 0.15) is 5.82 Å². The number of carbonyl (C=O) groups is 1. The van der Waals surface area contributed by atoms with Gasteiger partial charge in [0.25, 0.3) is 0 Å². The Labute approximate surface area is 121 Å². The molecule has 1 amide bonds. The van der Waals surface area contributed by atoms with Crippen LogP contribution < -0.4 is 0 Å². The van der Waals surface area contributed by atoms with Crippen molar-refractivity contribution in [1.82, 2.24) is 4.90 Å². The fourth-order valence-corrected chi connectivity index (χ4v) is 3.10. The lowest BCUT2D eigenvalue weighted by molar-refractivity contribution is -0.134. The second-order valence-corrected chi connectivity index (χ2v) is 5.72. The number of benzene rings is 1. The van der Waals surface area contributed by atoms with Crippen LogP contribution in [-0.4, -0.2) is 23.9 Å². The molecule has 1 heterocycles. The predicted octanol–water partition coefficient (Wildman–Crippen LogP) is 3.97. The van der Waals surface area contributed by atoms with Crippen LogP contribution in [0.15, 0.2) is 24.3 Å². The number of rotatable bonds is 5. The van der Waals surface area contributed by atoms with Gasteiger partial charge in [-0.2, -0.15) is 0 Å². The average molecular weight is 277 g/mol. The summed E-state index contributed by atoms with van der Waals surface area (Å²) in [5.41, 5.74) is 1.02. The van der Waals surface area contributed by atoms with Crippen molar-refractivity contribution in [3.8, 4) is 0 Å². The molecule has 1 aromatic carbocycles. The van der Waals surface area contributed by atoms with E-state index in [1.54, 1.807) is 12.1 Å². The molecule has 1 saturated heterocycles. The molecule has 110 valence electrons. The van der Waals surface area contributed by atoms with Crippen LogP contribution in [0.25, 0.3) is 0 Å². The van der Waals surface area contributed by atoms with Crippen LogP contribution in [0.1, 0.15) is 51.0 Å². The van der Waals surface area contributed by atoms with Crippen LogP contribution in [0.3, 0.4) is 0 Å². The molecule has 1 fully saturated rings. The maximum atomic E-state index is 13.3. The van der Waals surface area contributed by atoms with Gasteiger partial charge >= 0.3 is 0 Å². The Morgan fingerprint density at radius 1 is 1.45 bits per heavy atom. The highest BCUT2D eigenvalue weighted by atomic mass is 19.1. The summed E-state index contributed by atoms with van der Waals surface area (Å²) in [6.45, 7) is 5.75. The number of halogens is 1. The maximum Gasteiger partial charge on any atom is 0.225 e. The molecule has 2 unspecified atom stereocenters. The molecule has 2 rings (SSSR count). The van der Waals surface area contributed by atoms with Gasteiger partial charge in [-0.15, -0.1) is 0 Å². The number of likely N-dealkylation sites (tertiary alicyclic amines) is 1. The first-order valence-corrected chi connectivity index (χ1v) is 7.70. The molecule has 0 spiro atoms. The Morgan fingerprint density at radius 2 is 2.25 bits per heavy atom. The van der Waals surface area contributed by atoms with Crippen molar-refractivity contribution in [2.45, 2.75) is 45.4 Å². The molecule has 0 saturated carbocycles. The van der Waals surface area contributed by atoms with Crippen LogP contribution >= 0.6 is 0 Å². The van der Waals surface area contributed by atoms with Gasteiger partial charge in [0, 0.05) is 24.9 Å². The lowest BCUT2D eigenvalue weighted by atomic mass is 9.98. The number of hydrogen-bond donors (Lipinski definition) is 0. The van der Waals surface area contributed by atoms with Gasteiger partial charge in [-0.3, -0.25) is 4.79 Å². The molecule has 0 N–H and O–H groups in total. The van der Waals surface area contributed by atoms with E-state index in [0.717, 1.165) is 44.3 Å². The molecule has 1 aliphatic heterocycles. The SMILES string of the molecule is CCCC(CC)C(=O)N1CCC(c2cccc(F)c2)C1. The first-order chi connectivity index (χ1) is 9.65. The first-order valence-electron chi connectivity index (χ1n) is 7.70. The highest BCUT2D eigenvalue weighted by molar-refractivity contribution is 5.79. The zero-order chi connectivity index (χ0) is 14.5. The molecule has 2 nitrogen and oxygen atoms in total. The standard InChI is InChI=1S/C17H24FNO/c1-3-6-13(4-2)17(20)19-10-9-15(12-19)14-7-5-8-16(18)11-14/h5,7-8,11,13,15H,3-4,6,9-10,12H2,1-2H3. The highest BCUT2D eigenvalue weighted by Gasteiger charge is 2.30.